The first-order valence-electron chi connectivity index (χ1n) is 14.6. The van der Waals surface area contributed by atoms with Gasteiger partial charge in [-0.1, -0.05) is 56.4 Å². The molecule has 1 saturated heterocycles. The Hall–Kier alpha value is -2.44. The molecule has 3 unspecified atom stereocenters. The molecule has 1 aliphatic heterocycles. The topological polar surface area (TPSA) is 108 Å². The van der Waals surface area contributed by atoms with Crippen LogP contribution < -0.4 is 0 Å². The van der Waals surface area contributed by atoms with Crippen LogP contribution in [0.1, 0.15) is 104 Å². The fraction of sp³-hybridized carbons (Fsp3) is 0.903. The third-order valence-electron chi connectivity index (χ3n) is 8.02. The molecule has 0 spiro atoms. The number of ether oxygens (including phenoxy) is 4. The molecule has 0 saturated carbocycles. The van der Waals surface area contributed by atoms with Crippen molar-refractivity contribution in [2.45, 2.75) is 151 Å². The maximum Gasteiger partial charge on any atom is 0.462 e. The standard InChI is InChI=1S/C16H23F5O5.C13H20F6O3.2CH4/c1-7-12(4,5)11(23)26-13(6)8-24-15(14(13,17)18,16(19,20)21)25-10(22)9(2)3;1-6-10(4,5)9(20)22-8(7(2)3)11(21,12(14,15)16)13(17,18)19;;/h9H,7-8H2,1-6H3;7-8,21H,6H2,1-5H3;2*1H4. The van der Waals surface area contributed by atoms with Gasteiger partial charge >= 0.3 is 48.1 Å². The average Bonchev–Trinajstić information content (AvgIpc) is 3.10. The zero-order valence-electron chi connectivity index (χ0n) is 28.3. The molecule has 19 heteroatoms. The van der Waals surface area contributed by atoms with Crippen LogP contribution in [0.2, 0.25) is 0 Å². The monoisotopic (exact) mass is 760 g/mol. The summed E-state index contributed by atoms with van der Waals surface area (Å²) in [6.07, 6.45) is -20.3. The van der Waals surface area contributed by atoms with Crippen LogP contribution in [-0.4, -0.2) is 77.2 Å². The number of hydrogen-bond acceptors (Lipinski definition) is 8. The van der Waals surface area contributed by atoms with E-state index in [0.29, 0.717) is 6.92 Å². The first-order valence-corrected chi connectivity index (χ1v) is 14.6. The molecule has 0 aromatic rings. The van der Waals surface area contributed by atoms with Crippen LogP contribution in [0.25, 0.3) is 0 Å². The minimum absolute atomic E-state index is 0. The summed E-state index contributed by atoms with van der Waals surface area (Å²) in [5, 5.41) is 9.37. The summed E-state index contributed by atoms with van der Waals surface area (Å²) in [7, 11) is 0. The number of carbonyl (C=O) groups excluding carboxylic acids is 3. The van der Waals surface area contributed by atoms with Crippen molar-refractivity contribution >= 4 is 17.9 Å². The van der Waals surface area contributed by atoms with E-state index in [4.69, 9.17) is 4.74 Å². The molecule has 8 nitrogen and oxygen atoms in total. The Morgan fingerprint density at radius 2 is 1.14 bits per heavy atom. The van der Waals surface area contributed by atoms with Gasteiger partial charge in [0.05, 0.1) is 23.4 Å². The summed E-state index contributed by atoms with van der Waals surface area (Å²) in [5.74, 6) is -15.8. The molecule has 1 N–H and O–H groups in total. The molecule has 0 aromatic carbocycles. The molecule has 1 rings (SSSR count). The molecule has 300 valence electrons. The first kappa shape index (κ1) is 51.9. The molecule has 0 radical (unpaired) electrons. The van der Waals surface area contributed by atoms with E-state index < -0.39 is 94.7 Å². The summed E-state index contributed by atoms with van der Waals surface area (Å²) in [5.41, 5.74) is -10.6. The molecule has 1 heterocycles. The Balaban J connectivity index is -0.000000862. The normalized spacial score (nSPS) is 22.0. The van der Waals surface area contributed by atoms with Gasteiger partial charge in [-0.25, -0.2) is 0 Å². The summed E-state index contributed by atoms with van der Waals surface area (Å²) < 4.78 is 165. The van der Waals surface area contributed by atoms with Crippen molar-refractivity contribution in [1.29, 1.82) is 0 Å². The highest BCUT2D eigenvalue weighted by atomic mass is 19.4. The Bertz CT molecular complexity index is 1130. The van der Waals surface area contributed by atoms with Gasteiger partial charge in [0.25, 0.3) is 5.60 Å². The fourth-order valence-corrected chi connectivity index (χ4v) is 3.63. The number of esters is 3. The Kier molecular flexibility index (Phi) is 17.1. The Morgan fingerprint density at radius 3 is 1.44 bits per heavy atom. The van der Waals surface area contributed by atoms with E-state index in [-0.39, 0.29) is 27.7 Å². The quantitative estimate of drug-likeness (QED) is 0.134. The van der Waals surface area contributed by atoms with Crippen molar-refractivity contribution in [2.24, 2.45) is 22.7 Å². The first-order chi connectivity index (χ1) is 21.0. The molecule has 50 heavy (non-hydrogen) atoms. The zero-order chi connectivity index (χ0) is 38.9. The number of aliphatic hydroxyl groups is 1. The molecule has 0 amide bonds. The van der Waals surface area contributed by atoms with Crippen LogP contribution in [0.5, 0.6) is 0 Å². The zero-order valence-corrected chi connectivity index (χ0v) is 28.3. The van der Waals surface area contributed by atoms with Crippen molar-refractivity contribution in [2.75, 3.05) is 6.61 Å². The van der Waals surface area contributed by atoms with Crippen molar-refractivity contribution in [3.05, 3.63) is 0 Å². The van der Waals surface area contributed by atoms with Gasteiger partial charge in [0.1, 0.15) is 0 Å². The maximum atomic E-state index is 14.9. The third kappa shape index (κ3) is 9.91. The molecule has 0 bridgehead atoms. The smallest absolute Gasteiger partial charge is 0.458 e. The largest absolute Gasteiger partial charge is 0.462 e. The van der Waals surface area contributed by atoms with Gasteiger partial charge in [0, 0.05) is 0 Å². The SMILES string of the molecule is C.C.CCC(C)(C)C(=O)OC(C(C)C)C(O)(C(F)(F)F)C(F)(F)F.CCC(C)(C)C(=O)OC1(C)COC(OC(=O)C(C)C)(C(F)(F)F)C1(F)F. The van der Waals surface area contributed by atoms with Crippen molar-refractivity contribution < 1.29 is 86.7 Å². The van der Waals surface area contributed by atoms with Gasteiger partial charge in [-0.3, -0.25) is 14.4 Å². The lowest BCUT2D eigenvalue weighted by Crippen LogP contribution is -2.66. The molecular formula is C31H51F11O8. The van der Waals surface area contributed by atoms with Gasteiger partial charge in [-0.15, -0.1) is 0 Å². The van der Waals surface area contributed by atoms with Gasteiger partial charge in [-0.05, 0) is 53.4 Å². The average molecular weight is 761 g/mol. The van der Waals surface area contributed by atoms with E-state index in [1.165, 1.54) is 48.5 Å². The minimum Gasteiger partial charge on any atom is -0.458 e. The van der Waals surface area contributed by atoms with Crippen LogP contribution in [0.3, 0.4) is 0 Å². The van der Waals surface area contributed by atoms with Gasteiger partial charge in [0.2, 0.25) is 5.60 Å². The van der Waals surface area contributed by atoms with Crippen LogP contribution in [-0.2, 0) is 33.3 Å². The van der Waals surface area contributed by atoms with Crippen molar-refractivity contribution in [3.63, 3.8) is 0 Å². The summed E-state index contributed by atoms with van der Waals surface area (Å²) in [4.78, 5) is 35.6. The highest BCUT2D eigenvalue weighted by molar-refractivity contribution is 5.77. The number of rotatable bonds is 10. The van der Waals surface area contributed by atoms with E-state index in [9.17, 15) is 67.8 Å². The molecule has 0 aliphatic carbocycles. The van der Waals surface area contributed by atoms with E-state index in [2.05, 4.69) is 14.2 Å². The second-order valence-corrected chi connectivity index (χ2v) is 13.5. The lowest BCUT2D eigenvalue weighted by Gasteiger charge is -2.40. The summed E-state index contributed by atoms with van der Waals surface area (Å²) in [6.45, 7) is 12.3. The van der Waals surface area contributed by atoms with E-state index >= 15 is 0 Å². The van der Waals surface area contributed by atoms with Crippen molar-refractivity contribution in [3.8, 4) is 0 Å². The minimum atomic E-state index is -6.04. The predicted molar refractivity (Wildman–Crippen MR) is 158 cm³/mol. The summed E-state index contributed by atoms with van der Waals surface area (Å²) >= 11 is 0. The maximum absolute atomic E-state index is 14.9. The Labute approximate surface area is 285 Å². The molecule has 1 aliphatic rings. The molecular weight excluding hydrogens is 709 g/mol. The molecule has 3 atom stereocenters. The number of halogens is 11. The highest BCUT2D eigenvalue weighted by Gasteiger charge is 2.86. The summed E-state index contributed by atoms with van der Waals surface area (Å²) in [6, 6.07) is 0. The highest BCUT2D eigenvalue weighted by Crippen LogP contribution is 2.57. The number of alkyl halides is 11. The fourth-order valence-electron chi connectivity index (χ4n) is 3.63. The lowest BCUT2D eigenvalue weighted by molar-refractivity contribution is -0.410. The second kappa shape index (κ2) is 16.5. The number of carbonyl (C=O) groups is 3. The van der Waals surface area contributed by atoms with Crippen LogP contribution in [0.4, 0.5) is 48.3 Å². The van der Waals surface area contributed by atoms with Crippen LogP contribution >= 0.6 is 0 Å². The van der Waals surface area contributed by atoms with Crippen molar-refractivity contribution in [1.82, 2.24) is 0 Å². The van der Waals surface area contributed by atoms with E-state index in [0.717, 1.165) is 13.8 Å². The van der Waals surface area contributed by atoms with Crippen LogP contribution in [0, 0.1) is 22.7 Å². The van der Waals surface area contributed by atoms with Gasteiger partial charge in [-0.2, -0.15) is 48.3 Å². The third-order valence-corrected chi connectivity index (χ3v) is 8.02. The van der Waals surface area contributed by atoms with E-state index in [1.54, 1.807) is 6.92 Å². The Morgan fingerprint density at radius 1 is 0.760 bits per heavy atom. The number of hydrogen-bond donors (Lipinski definition) is 1. The molecule has 0 aromatic heterocycles. The van der Waals surface area contributed by atoms with Gasteiger partial charge in [0.15, 0.2) is 6.10 Å². The van der Waals surface area contributed by atoms with Gasteiger partial charge < -0.3 is 24.1 Å². The van der Waals surface area contributed by atoms with Crippen LogP contribution in [0.15, 0.2) is 0 Å². The predicted octanol–water partition coefficient (Wildman–Crippen LogP) is 8.97. The lowest BCUT2D eigenvalue weighted by atomic mass is 9.85. The van der Waals surface area contributed by atoms with E-state index in [1.807, 2.05) is 0 Å². The second-order valence-electron chi connectivity index (χ2n) is 13.5. The molecule has 1 fully saturated rings.